The fourth-order valence-electron chi connectivity index (χ4n) is 2.59. The number of carbonyl (C=O) groups is 1. The number of aromatic nitrogens is 2. The second-order valence-corrected chi connectivity index (χ2v) is 5.14. The maximum absolute atomic E-state index is 12.0. The lowest BCUT2D eigenvalue weighted by Gasteiger charge is -2.22. The zero-order valence-electron chi connectivity index (χ0n) is 10.8. The Labute approximate surface area is 111 Å². The van der Waals surface area contributed by atoms with E-state index in [0.29, 0.717) is 12.3 Å². The van der Waals surface area contributed by atoms with Crippen LogP contribution in [-0.4, -0.2) is 29.2 Å². The third-order valence-corrected chi connectivity index (χ3v) is 3.60. The number of amides is 1. The summed E-state index contributed by atoms with van der Waals surface area (Å²) in [6.07, 6.45) is 4.67. The molecule has 1 aromatic heterocycles. The predicted molar refractivity (Wildman–Crippen MR) is 74.9 cm³/mol. The number of benzene rings is 1. The SMILES string of the molecule is O=C(CC1CCCNC1)Nc1ccc2cn[nH]c2c1. The van der Waals surface area contributed by atoms with E-state index >= 15 is 0 Å². The lowest BCUT2D eigenvalue weighted by Crippen LogP contribution is -2.32. The van der Waals surface area contributed by atoms with Crippen molar-refractivity contribution in [3.8, 4) is 0 Å². The van der Waals surface area contributed by atoms with Crippen LogP contribution in [0.1, 0.15) is 19.3 Å². The normalized spacial score (nSPS) is 19.5. The third kappa shape index (κ3) is 2.93. The molecule has 1 saturated heterocycles. The summed E-state index contributed by atoms with van der Waals surface area (Å²) in [7, 11) is 0. The van der Waals surface area contributed by atoms with Crippen LogP contribution in [0.3, 0.4) is 0 Å². The molecule has 1 atom stereocenters. The Balaban J connectivity index is 1.61. The van der Waals surface area contributed by atoms with Crippen LogP contribution in [0.25, 0.3) is 10.9 Å². The van der Waals surface area contributed by atoms with Crippen LogP contribution in [0.5, 0.6) is 0 Å². The molecule has 0 bridgehead atoms. The van der Waals surface area contributed by atoms with Gasteiger partial charge in [0.25, 0.3) is 0 Å². The van der Waals surface area contributed by atoms with E-state index < -0.39 is 0 Å². The van der Waals surface area contributed by atoms with Gasteiger partial charge in [-0.05, 0) is 50.0 Å². The van der Waals surface area contributed by atoms with Gasteiger partial charge in [-0.3, -0.25) is 9.89 Å². The van der Waals surface area contributed by atoms with E-state index in [2.05, 4.69) is 20.8 Å². The van der Waals surface area contributed by atoms with Crippen molar-refractivity contribution in [1.29, 1.82) is 0 Å². The highest BCUT2D eigenvalue weighted by atomic mass is 16.1. The first-order valence-electron chi connectivity index (χ1n) is 6.75. The number of carbonyl (C=O) groups excluding carboxylic acids is 1. The van der Waals surface area contributed by atoms with Gasteiger partial charge < -0.3 is 10.6 Å². The summed E-state index contributed by atoms with van der Waals surface area (Å²) in [5.74, 6) is 0.553. The summed E-state index contributed by atoms with van der Waals surface area (Å²) >= 11 is 0. The standard InChI is InChI=1S/C14H18N4O/c19-14(6-10-2-1-5-15-8-10)17-12-4-3-11-9-16-18-13(11)7-12/h3-4,7,9-10,15H,1-2,5-6,8H2,(H,16,18)(H,17,19). The van der Waals surface area contributed by atoms with Gasteiger partial charge in [-0.1, -0.05) is 0 Å². The Bertz CT molecular complexity index is 572. The van der Waals surface area contributed by atoms with Crippen molar-refractivity contribution in [2.24, 2.45) is 5.92 Å². The van der Waals surface area contributed by atoms with Gasteiger partial charge in [0.15, 0.2) is 0 Å². The van der Waals surface area contributed by atoms with E-state index in [1.165, 1.54) is 0 Å². The molecule has 0 saturated carbocycles. The first kappa shape index (κ1) is 12.2. The van der Waals surface area contributed by atoms with Crippen molar-refractivity contribution in [1.82, 2.24) is 15.5 Å². The zero-order valence-corrected chi connectivity index (χ0v) is 10.8. The van der Waals surface area contributed by atoms with E-state index in [1.54, 1.807) is 6.20 Å². The molecule has 2 heterocycles. The van der Waals surface area contributed by atoms with Crippen molar-refractivity contribution in [3.63, 3.8) is 0 Å². The summed E-state index contributed by atoms with van der Waals surface area (Å²) in [5.41, 5.74) is 1.77. The van der Waals surface area contributed by atoms with E-state index in [4.69, 9.17) is 0 Å². The van der Waals surface area contributed by atoms with E-state index in [9.17, 15) is 4.79 Å². The minimum atomic E-state index is 0.0903. The second kappa shape index (κ2) is 5.40. The quantitative estimate of drug-likeness (QED) is 0.787. The molecule has 0 aliphatic carbocycles. The number of fused-ring (bicyclic) bond motifs is 1. The monoisotopic (exact) mass is 258 g/mol. The molecule has 2 aromatic rings. The lowest BCUT2D eigenvalue weighted by atomic mass is 9.96. The lowest BCUT2D eigenvalue weighted by molar-refractivity contribution is -0.117. The van der Waals surface area contributed by atoms with E-state index in [-0.39, 0.29) is 5.91 Å². The Morgan fingerprint density at radius 3 is 3.26 bits per heavy atom. The molecule has 0 spiro atoms. The smallest absolute Gasteiger partial charge is 0.224 e. The van der Waals surface area contributed by atoms with Crippen LogP contribution in [0.2, 0.25) is 0 Å². The van der Waals surface area contributed by atoms with E-state index in [1.807, 2.05) is 18.2 Å². The van der Waals surface area contributed by atoms with Crippen molar-refractivity contribution in [2.75, 3.05) is 18.4 Å². The molecule has 19 heavy (non-hydrogen) atoms. The number of nitrogens with zero attached hydrogens (tertiary/aromatic N) is 1. The molecule has 1 aromatic carbocycles. The number of aromatic amines is 1. The van der Waals surface area contributed by atoms with Gasteiger partial charge in [0, 0.05) is 17.5 Å². The van der Waals surface area contributed by atoms with E-state index in [0.717, 1.165) is 42.5 Å². The molecular formula is C14H18N4O. The average Bonchev–Trinajstić information content (AvgIpc) is 2.87. The summed E-state index contributed by atoms with van der Waals surface area (Å²) < 4.78 is 0. The summed E-state index contributed by atoms with van der Waals surface area (Å²) in [6.45, 7) is 2.03. The number of H-pyrrole nitrogens is 1. The van der Waals surface area contributed by atoms with Gasteiger partial charge >= 0.3 is 0 Å². The molecule has 0 radical (unpaired) electrons. The van der Waals surface area contributed by atoms with Crippen LogP contribution in [-0.2, 0) is 4.79 Å². The molecule has 3 N–H and O–H groups in total. The van der Waals surface area contributed by atoms with Crippen molar-refractivity contribution >= 4 is 22.5 Å². The fraction of sp³-hybridized carbons (Fsp3) is 0.429. The van der Waals surface area contributed by atoms with Crippen LogP contribution >= 0.6 is 0 Å². The molecule has 5 nitrogen and oxygen atoms in total. The minimum Gasteiger partial charge on any atom is -0.326 e. The first-order chi connectivity index (χ1) is 9.31. The topological polar surface area (TPSA) is 69.8 Å². The molecule has 1 aliphatic rings. The van der Waals surface area contributed by atoms with Crippen LogP contribution in [0.4, 0.5) is 5.69 Å². The highest BCUT2D eigenvalue weighted by Crippen LogP contribution is 2.18. The van der Waals surface area contributed by atoms with Gasteiger partial charge in [0.1, 0.15) is 0 Å². The van der Waals surface area contributed by atoms with Gasteiger partial charge in [-0.25, -0.2) is 0 Å². The molecule has 1 aliphatic heterocycles. The van der Waals surface area contributed by atoms with Gasteiger partial charge in [-0.15, -0.1) is 0 Å². The summed E-state index contributed by atoms with van der Waals surface area (Å²) in [6, 6.07) is 5.78. The second-order valence-electron chi connectivity index (χ2n) is 5.14. The molecule has 5 heteroatoms. The third-order valence-electron chi connectivity index (χ3n) is 3.60. The van der Waals surface area contributed by atoms with Crippen molar-refractivity contribution in [2.45, 2.75) is 19.3 Å². The molecule has 1 amide bonds. The fourth-order valence-corrected chi connectivity index (χ4v) is 2.59. The number of anilines is 1. The largest absolute Gasteiger partial charge is 0.326 e. The predicted octanol–water partition coefficient (Wildman–Crippen LogP) is 1.89. The maximum Gasteiger partial charge on any atom is 0.224 e. The Hall–Kier alpha value is -1.88. The number of rotatable bonds is 3. The van der Waals surface area contributed by atoms with Crippen molar-refractivity contribution < 1.29 is 4.79 Å². The average molecular weight is 258 g/mol. The van der Waals surface area contributed by atoms with Gasteiger partial charge in [-0.2, -0.15) is 5.10 Å². The Kier molecular flexibility index (Phi) is 3.46. The Morgan fingerprint density at radius 1 is 1.47 bits per heavy atom. The summed E-state index contributed by atoms with van der Waals surface area (Å²) in [5, 5.41) is 14.2. The highest BCUT2D eigenvalue weighted by molar-refractivity contribution is 5.93. The first-order valence-corrected chi connectivity index (χ1v) is 6.75. The molecular weight excluding hydrogens is 240 g/mol. The molecule has 3 rings (SSSR count). The molecule has 1 fully saturated rings. The minimum absolute atomic E-state index is 0.0903. The van der Waals surface area contributed by atoms with Crippen LogP contribution in [0.15, 0.2) is 24.4 Å². The zero-order chi connectivity index (χ0) is 13.1. The molecule has 100 valence electrons. The summed E-state index contributed by atoms with van der Waals surface area (Å²) in [4.78, 5) is 12.0. The highest BCUT2D eigenvalue weighted by Gasteiger charge is 2.16. The number of piperidine rings is 1. The van der Waals surface area contributed by atoms with Gasteiger partial charge in [0.05, 0.1) is 11.7 Å². The number of hydrogen-bond acceptors (Lipinski definition) is 3. The van der Waals surface area contributed by atoms with Crippen LogP contribution < -0.4 is 10.6 Å². The Morgan fingerprint density at radius 2 is 2.42 bits per heavy atom. The van der Waals surface area contributed by atoms with Gasteiger partial charge in [0.2, 0.25) is 5.91 Å². The number of hydrogen-bond donors (Lipinski definition) is 3. The van der Waals surface area contributed by atoms with Crippen molar-refractivity contribution in [3.05, 3.63) is 24.4 Å². The molecule has 1 unspecified atom stereocenters. The van der Waals surface area contributed by atoms with Crippen LogP contribution in [0, 0.1) is 5.92 Å². The maximum atomic E-state index is 12.0. The number of nitrogens with one attached hydrogen (secondary N) is 3.